The Morgan fingerprint density at radius 1 is 1.58 bits per heavy atom. The molecule has 0 unspecified atom stereocenters. The number of rotatable bonds is 3. The molecule has 2 heteroatoms. The fourth-order valence-corrected chi connectivity index (χ4v) is 1.26. The van der Waals surface area contributed by atoms with Gasteiger partial charge in [0.15, 0.2) is 0 Å². The van der Waals surface area contributed by atoms with Gasteiger partial charge in [0.25, 0.3) is 0 Å². The Bertz CT molecular complexity index is 247. The van der Waals surface area contributed by atoms with Crippen LogP contribution in [0.2, 0.25) is 0 Å². The van der Waals surface area contributed by atoms with Crippen LogP contribution in [0.4, 0.5) is 0 Å². The molecule has 2 nitrogen and oxygen atoms in total. The lowest BCUT2D eigenvalue weighted by molar-refractivity contribution is 0.161. The number of hydrogen-bond donors (Lipinski definition) is 1. The molecule has 0 bridgehead atoms. The fraction of sp³-hybridized carbons (Fsp3) is 0.500. The monoisotopic (exact) mass is 165 g/mol. The average Bonchev–Trinajstić information content (AvgIpc) is 2.05. The molecule has 0 spiro atoms. The SMILES string of the molecule is CCC[C@H](O)c1ncccc1C. The van der Waals surface area contributed by atoms with E-state index < -0.39 is 6.10 Å². The lowest BCUT2D eigenvalue weighted by Crippen LogP contribution is -2.01. The quantitative estimate of drug-likeness (QED) is 0.745. The maximum Gasteiger partial charge on any atom is 0.0962 e. The predicted octanol–water partition coefficient (Wildman–Crippen LogP) is 2.22. The Hall–Kier alpha value is -0.890. The van der Waals surface area contributed by atoms with Crippen LogP contribution in [0, 0.1) is 6.92 Å². The van der Waals surface area contributed by atoms with Gasteiger partial charge in [-0.3, -0.25) is 4.98 Å². The van der Waals surface area contributed by atoms with E-state index >= 15 is 0 Å². The van der Waals surface area contributed by atoms with Crippen molar-refractivity contribution in [2.24, 2.45) is 0 Å². The van der Waals surface area contributed by atoms with Crippen molar-refractivity contribution < 1.29 is 5.11 Å². The Kier molecular flexibility index (Phi) is 3.23. The molecule has 1 atom stereocenters. The smallest absolute Gasteiger partial charge is 0.0962 e. The summed E-state index contributed by atoms with van der Waals surface area (Å²) in [4.78, 5) is 4.15. The molecule has 0 saturated heterocycles. The fourth-order valence-electron chi connectivity index (χ4n) is 1.26. The van der Waals surface area contributed by atoms with Crippen molar-refractivity contribution in [1.29, 1.82) is 0 Å². The summed E-state index contributed by atoms with van der Waals surface area (Å²) in [5, 5.41) is 9.64. The maximum absolute atomic E-state index is 9.64. The highest BCUT2D eigenvalue weighted by atomic mass is 16.3. The zero-order valence-corrected chi connectivity index (χ0v) is 7.62. The standard InChI is InChI=1S/C10H15NO/c1-3-5-9(12)10-8(2)6-4-7-11-10/h4,6-7,9,12H,3,5H2,1-2H3/t9-/m0/s1. The summed E-state index contributed by atoms with van der Waals surface area (Å²) < 4.78 is 0. The van der Waals surface area contributed by atoms with Crippen molar-refractivity contribution in [3.8, 4) is 0 Å². The van der Waals surface area contributed by atoms with Gasteiger partial charge in [0.2, 0.25) is 0 Å². The molecule has 0 amide bonds. The summed E-state index contributed by atoms with van der Waals surface area (Å²) in [6.07, 6.45) is 3.10. The highest BCUT2D eigenvalue weighted by molar-refractivity contribution is 5.19. The molecule has 0 aliphatic heterocycles. The minimum Gasteiger partial charge on any atom is -0.387 e. The first kappa shape index (κ1) is 9.20. The number of pyridine rings is 1. The van der Waals surface area contributed by atoms with E-state index in [-0.39, 0.29) is 0 Å². The molecule has 0 saturated carbocycles. The van der Waals surface area contributed by atoms with E-state index in [0.717, 1.165) is 24.1 Å². The maximum atomic E-state index is 9.64. The third-order valence-corrected chi connectivity index (χ3v) is 1.93. The van der Waals surface area contributed by atoms with Gasteiger partial charge in [0.1, 0.15) is 0 Å². The van der Waals surface area contributed by atoms with E-state index in [9.17, 15) is 5.11 Å². The minimum atomic E-state index is -0.392. The van der Waals surface area contributed by atoms with E-state index in [4.69, 9.17) is 0 Å². The van der Waals surface area contributed by atoms with Crippen molar-refractivity contribution in [2.75, 3.05) is 0 Å². The minimum absolute atomic E-state index is 0.392. The van der Waals surface area contributed by atoms with Gasteiger partial charge in [-0.15, -0.1) is 0 Å². The van der Waals surface area contributed by atoms with Gasteiger partial charge in [-0.05, 0) is 25.0 Å². The van der Waals surface area contributed by atoms with Crippen molar-refractivity contribution in [3.05, 3.63) is 29.6 Å². The number of hydrogen-bond acceptors (Lipinski definition) is 2. The zero-order chi connectivity index (χ0) is 8.97. The van der Waals surface area contributed by atoms with Gasteiger partial charge in [-0.25, -0.2) is 0 Å². The highest BCUT2D eigenvalue weighted by Crippen LogP contribution is 2.18. The van der Waals surface area contributed by atoms with E-state index in [1.807, 2.05) is 19.1 Å². The van der Waals surface area contributed by atoms with Crippen molar-refractivity contribution in [3.63, 3.8) is 0 Å². The first-order valence-electron chi connectivity index (χ1n) is 4.35. The van der Waals surface area contributed by atoms with Crippen LogP contribution in [-0.2, 0) is 0 Å². The molecule has 1 heterocycles. The third kappa shape index (κ3) is 2.05. The zero-order valence-electron chi connectivity index (χ0n) is 7.62. The first-order chi connectivity index (χ1) is 5.75. The van der Waals surface area contributed by atoms with Gasteiger partial charge < -0.3 is 5.11 Å². The van der Waals surface area contributed by atoms with Crippen LogP contribution in [0.5, 0.6) is 0 Å². The van der Waals surface area contributed by atoms with E-state index in [1.165, 1.54) is 0 Å². The van der Waals surface area contributed by atoms with Crippen molar-refractivity contribution in [2.45, 2.75) is 32.8 Å². The van der Waals surface area contributed by atoms with Gasteiger partial charge >= 0.3 is 0 Å². The third-order valence-electron chi connectivity index (χ3n) is 1.93. The van der Waals surface area contributed by atoms with Gasteiger partial charge in [-0.1, -0.05) is 19.4 Å². The second kappa shape index (κ2) is 4.21. The van der Waals surface area contributed by atoms with Crippen LogP contribution in [-0.4, -0.2) is 10.1 Å². The molecule has 1 rings (SSSR count). The molecule has 0 aromatic carbocycles. The molecular formula is C10H15NO. The van der Waals surface area contributed by atoms with Gasteiger partial charge in [0, 0.05) is 6.20 Å². The molecule has 0 fully saturated rings. The average molecular weight is 165 g/mol. The van der Waals surface area contributed by atoms with Crippen LogP contribution < -0.4 is 0 Å². The van der Waals surface area contributed by atoms with Crippen molar-refractivity contribution >= 4 is 0 Å². The van der Waals surface area contributed by atoms with Gasteiger partial charge in [0.05, 0.1) is 11.8 Å². The largest absolute Gasteiger partial charge is 0.387 e. The molecule has 0 radical (unpaired) electrons. The van der Waals surface area contributed by atoms with E-state index in [0.29, 0.717) is 0 Å². The second-order valence-electron chi connectivity index (χ2n) is 3.01. The Labute approximate surface area is 73.3 Å². The molecule has 1 aromatic rings. The predicted molar refractivity (Wildman–Crippen MR) is 48.8 cm³/mol. The normalized spacial score (nSPS) is 12.9. The molecule has 1 N–H and O–H groups in total. The summed E-state index contributed by atoms with van der Waals surface area (Å²) in [6, 6.07) is 3.86. The van der Waals surface area contributed by atoms with Crippen molar-refractivity contribution in [1.82, 2.24) is 4.98 Å². The Morgan fingerprint density at radius 3 is 2.92 bits per heavy atom. The number of aliphatic hydroxyl groups excluding tert-OH is 1. The second-order valence-corrected chi connectivity index (χ2v) is 3.01. The number of aryl methyl sites for hydroxylation is 1. The molecule has 0 aliphatic carbocycles. The summed E-state index contributed by atoms with van der Waals surface area (Å²) in [5.74, 6) is 0. The molecule has 1 aromatic heterocycles. The highest BCUT2D eigenvalue weighted by Gasteiger charge is 2.09. The number of nitrogens with zero attached hydrogens (tertiary/aromatic N) is 1. The Balaban J connectivity index is 2.79. The number of aromatic nitrogens is 1. The first-order valence-corrected chi connectivity index (χ1v) is 4.35. The number of aliphatic hydroxyl groups is 1. The van der Waals surface area contributed by atoms with Gasteiger partial charge in [-0.2, -0.15) is 0 Å². The van der Waals surface area contributed by atoms with Crippen LogP contribution in [0.1, 0.15) is 37.1 Å². The molecule has 0 aliphatic rings. The lowest BCUT2D eigenvalue weighted by Gasteiger charge is -2.10. The topological polar surface area (TPSA) is 33.1 Å². The summed E-state index contributed by atoms with van der Waals surface area (Å²) in [7, 11) is 0. The molecular weight excluding hydrogens is 150 g/mol. The van der Waals surface area contributed by atoms with Crippen LogP contribution in [0.15, 0.2) is 18.3 Å². The van der Waals surface area contributed by atoms with Crippen LogP contribution in [0.3, 0.4) is 0 Å². The molecule has 66 valence electrons. The Morgan fingerprint density at radius 2 is 2.33 bits per heavy atom. The lowest BCUT2D eigenvalue weighted by atomic mass is 10.1. The summed E-state index contributed by atoms with van der Waals surface area (Å²) in [6.45, 7) is 4.03. The van der Waals surface area contributed by atoms with Crippen LogP contribution in [0.25, 0.3) is 0 Å². The van der Waals surface area contributed by atoms with E-state index in [2.05, 4.69) is 11.9 Å². The summed E-state index contributed by atoms with van der Waals surface area (Å²) in [5.41, 5.74) is 1.89. The summed E-state index contributed by atoms with van der Waals surface area (Å²) >= 11 is 0. The molecule has 12 heavy (non-hydrogen) atoms. The van der Waals surface area contributed by atoms with E-state index in [1.54, 1.807) is 6.20 Å². The van der Waals surface area contributed by atoms with Crippen LogP contribution >= 0.6 is 0 Å².